The second-order valence-electron chi connectivity index (χ2n) is 7.70. The first-order chi connectivity index (χ1) is 16.2. The summed E-state index contributed by atoms with van der Waals surface area (Å²) in [6.45, 7) is -1.28. The van der Waals surface area contributed by atoms with E-state index in [1.165, 1.54) is 10.8 Å². The van der Waals surface area contributed by atoms with Gasteiger partial charge < -0.3 is 5.32 Å². The highest BCUT2D eigenvalue weighted by Gasteiger charge is 2.27. The SMILES string of the molecule is Cn1cc2cc(-n3cc4cnc(NCC(F)(F)F)nc4c(-c4ccc(Br)cc4)c3=O)ccc2n1. The van der Waals surface area contributed by atoms with Crippen molar-refractivity contribution in [3.05, 3.63) is 75.9 Å². The maximum Gasteiger partial charge on any atom is 0.405 e. The summed E-state index contributed by atoms with van der Waals surface area (Å²) in [5, 5.41) is 7.90. The summed E-state index contributed by atoms with van der Waals surface area (Å²) in [5.74, 6) is -0.211. The Balaban J connectivity index is 1.73. The van der Waals surface area contributed by atoms with Gasteiger partial charge in [0.1, 0.15) is 6.54 Å². The van der Waals surface area contributed by atoms with Gasteiger partial charge in [0.05, 0.1) is 16.6 Å². The number of benzene rings is 2. The first kappa shape index (κ1) is 22.1. The molecule has 0 aliphatic heterocycles. The fourth-order valence-electron chi connectivity index (χ4n) is 3.72. The molecule has 11 heteroatoms. The molecule has 0 atom stereocenters. The molecule has 1 N–H and O–H groups in total. The van der Waals surface area contributed by atoms with Crippen molar-refractivity contribution in [2.24, 2.45) is 7.05 Å². The fraction of sp³-hybridized carbons (Fsp3) is 0.130. The van der Waals surface area contributed by atoms with E-state index < -0.39 is 12.7 Å². The highest BCUT2D eigenvalue weighted by Crippen LogP contribution is 2.28. The molecule has 0 saturated carbocycles. The van der Waals surface area contributed by atoms with Gasteiger partial charge in [-0.25, -0.2) is 9.97 Å². The lowest BCUT2D eigenvalue weighted by atomic mass is 10.0. The van der Waals surface area contributed by atoms with Gasteiger partial charge >= 0.3 is 6.18 Å². The molecule has 3 aromatic heterocycles. The van der Waals surface area contributed by atoms with Gasteiger partial charge in [-0.1, -0.05) is 28.1 Å². The van der Waals surface area contributed by atoms with E-state index in [1.807, 2.05) is 25.4 Å². The summed E-state index contributed by atoms with van der Waals surface area (Å²) in [6.07, 6.45) is 0.413. The van der Waals surface area contributed by atoms with Gasteiger partial charge in [-0.2, -0.15) is 18.3 Å². The predicted octanol–water partition coefficient (Wildman–Crippen LogP) is 5.07. The minimum Gasteiger partial charge on any atom is -0.345 e. The molecule has 5 rings (SSSR count). The van der Waals surface area contributed by atoms with Crippen molar-refractivity contribution < 1.29 is 13.2 Å². The lowest BCUT2D eigenvalue weighted by molar-refractivity contribution is -0.115. The van der Waals surface area contributed by atoms with Gasteiger partial charge in [0.15, 0.2) is 0 Å². The van der Waals surface area contributed by atoms with E-state index in [-0.39, 0.29) is 22.6 Å². The van der Waals surface area contributed by atoms with Crippen LogP contribution in [0.15, 0.2) is 70.3 Å². The molecule has 2 aromatic carbocycles. The minimum absolute atomic E-state index is 0.211. The standard InChI is InChI=1S/C23H16BrF3N6O/c1-32-10-14-8-17(6-7-18(14)31-32)33-11-15-9-28-22(29-12-23(25,26)27)30-20(15)19(21(33)34)13-2-4-16(24)5-3-13/h2-11H,12H2,1H3,(H,29,30). The van der Waals surface area contributed by atoms with Crippen molar-refractivity contribution in [2.75, 3.05) is 11.9 Å². The van der Waals surface area contributed by atoms with Crippen molar-refractivity contribution >= 4 is 43.7 Å². The van der Waals surface area contributed by atoms with Gasteiger partial charge in [-0.3, -0.25) is 14.0 Å². The van der Waals surface area contributed by atoms with Crippen molar-refractivity contribution in [3.8, 4) is 16.8 Å². The number of halogens is 4. The van der Waals surface area contributed by atoms with Crippen molar-refractivity contribution in [2.45, 2.75) is 6.18 Å². The molecular weight excluding hydrogens is 513 g/mol. The molecular formula is C23H16BrF3N6O. The number of fused-ring (bicyclic) bond motifs is 2. The van der Waals surface area contributed by atoms with Gasteiger partial charge in [0, 0.05) is 46.6 Å². The first-order valence-corrected chi connectivity index (χ1v) is 10.9. The number of hydrogen-bond donors (Lipinski definition) is 1. The number of nitrogens with one attached hydrogen (secondary N) is 1. The van der Waals surface area contributed by atoms with Crippen molar-refractivity contribution in [1.82, 2.24) is 24.3 Å². The first-order valence-electron chi connectivity index (χ1n) is 10.1. The van der Waals surface area contributed by atoms with Crippen LogP contribution in [0.5, 0.6) is 0 Å². The largest absolute Gasteiger partial charge is 0.405 e. The molecule has 0 radical (unpaired) electrons. The number of aromatic nitrogens is 5. The number of alkyl halides is 3. The fourth-order valence-corrected chi connectivity index (χ4v) is 3.99. The summed E-state index contributed by atoms with van der Waals surface area (Å²) in [4.78, 5) is 22.0. The number of hydrogen-bond acceptors (Lipinski definition) is 5. The Morgan fingerprint density at radius 3 is 2.56 bits per heavy atom. The summed E-state index contributed by atoms with van der Waals surface area (Å²) >= 11 is 3.38. The Kier molecular flexibility index (Phi) is 5.35. The van der Waals surface area contributed by atoms with Crippen molar-refractivity contribution in [3.63, 3.8) is 0 Å². The quantitative estimate of drug-likeness (QED) is 0.352. The van der Waals surface area contributed by atoms with E-state index >= 15 is 0 Å². The maximum atomic E-state index is 13.7. The summed E-state index contributed by atoms with van der Waals surface area (Å²) in [5.41, 5.74) is 2.13. The maximum absolute atomic E-state index is 13.7. The van der Waals surface area contributed by atoms with Gasteiger partial charge in [-0.15, -0.1) is 0 Å². The second-order valence-corrected chi connectivity index (χ2v) is 8.61. The van der Waals surface area contributed by atoms with Crippen molar-refractivity contribution in [1.29, 1.82) is 0 Å². The van der Waals surface area contributed by atoms with Crippen LogP contribution in [0.2, 0.25) is 0 Å². The zero-order chi connectivity index (χ0) is 24.0. The molecule has 0 amide bonds. The summed E-state index contributed by atoms with van der Waals surface area (Å²) in [6, 6.07) is 12.5. The van der Waals surface area contributed by atoms with E-state index in [9.17, 15) is 18.0 Å². The number of rotatable bonds is 4. The average molecular weight is 529 g/mol. The Labute approximate surface area is 199 Å². The highest BCUT2D eigenvalue weighted by molar-refractivity contribution is 9.10. The van der Waals surface area contributed by atoms with Crippen LogP contribution < -0.4 is 10.9 Å². The highest BCUT2D eigenvalue weighted by atomic mass is 79.9. The van der Waals surface area contributed by atoms with E-state index in [0.29, 0.717) is 16.6 Å². The zero-order valence-corrected chi connectivity index (χ0v) is 19.2. The lowest BCUT2D eigenvalue weighted by Crippen LogP contribution is -2.23. The monoisotopic (exact) mass is 528 g/mol. The average Bonchev–Trinajstić information content (AvgIpc) is 3.17. The van der Waals surface area contributed by atoms with E-state index in [2.05, 4.69) is 36.3 Å². The van der Waals surface area contributed by atoms with E-state index in [1.54, 1.807) is 41.2 Å². The Hall–Kier alpha value is -3.73. The minimum atomic E-state index is -4.43. The summed E-state index contributed by atoms with van der Waals surface area (Å²) in [7, 11) is 1.81. The molecule has 7 nitrogen and oxygen atoms in total. The van der Waals surface area contributed by atoms with E-state index in [4.69, 9.17) is 0 Å². The number of aryl methyl sites for hydroxylation is 1. The van der Waals surface area contributed by atoms with Gasteiger partial charge in [-0.05, 0) is 35.9 Å². The molecule has 0 fully saturated rings. The van der Waals surface area contributed by atoms with Gasteiger partial charge in [0.2, 0.25) is 5.95 Å². The molecule has 0 saturated heterocycles. The molecule has 172 valence electrons. The third kappa shape index (κ3) is 4.26. The summed E-state index contributed by atoms with van der Waals surface area (Å²) < 4.78 is 42.0. The number of pyridine rings is 1. The van der Waals surface area contributed by atoms with Crippen LogP contribution in [0.4, 0.5) is 19.1 Å². The third-order valence-corrected chi connectivity index (χ3v) is 5.74. The molecule has 0 spiro atoms. The molecule has 0 bridgehead atoms. The van der Waals surface area contributed by atoms with Crippen LogP contribution in [-0.4, -0.2) is 37.0 Å². The van der Waals surface area contributed by atoms with Crippen LogP contribution in [0, 0.1) is 0 Å². The molecule has 5 aromatic rings. The Morgan fingerprint density at radius 2 is 1.82 bits per heavy atom. The predicted molar refractivity (Wildman–Crippen MR) is 127 cm³/mol. The molecule has 0 aliphatic carbocycles. The van der Waals surface area contributed by atoms with Crippen LogP contribution in [0.3, 0.4) is 0 Å². The van der Waals surface area contributed by atoms with E-state index in [0.717, 1.165) is 15.4 Å². The Bertz CT molecular complexity index is 1590. The molecule has 0 aliphatic rings. The van der Waals surface area contributed by atoms with Crippen LogP contribution in [0.1, 0.15) is 0 Å². The number of nitrogens with zero attached hydrogens (tertiary/aromatic N) is 5. The molecule has 0 unspecified atom stereocenters. The van der Waals surface area contributed by atoms with Crippen LogP contribution in [-0.2, 0) is 7.05 Å². The second kappa shape index (κ2) is 8.24. The zero-order valence-electron chi connectivity index (χ0n) is 17.6. The van der Waals surface area contributed by atoms with Crippen LogP contribution in [0.25, 0.3) is 38.6 Å². The smallest absolute Gasteiger partial charge is 0.345 e. The normalized spacial score (nSPS) is 11.9. The third-order valence-electron chi connectivity index (χ3n) is 5.22. The van der Waals surface area contributed by atoms with Gasteiger partial charge in [0.25, 0.3) is 5.56 Å². The van der Waals surface area contributed by atoms with Crippen LogP contribution >= 0.6 is 15.9 Å². The molecule has 34 heavy (non-hydrogen) atoms. The topological polar surface area (TPSA) is 77.6 Å². The molecule has 3 heterocycles. The number of anilines is 1. The lowest BCUT2D eigenvalue weighted by Gasteiger charge is -2.14. The Morgan fingerprint density at radius 1 is 1.06 bits per heavy atom.